The smallest absolute Gasteiger partial charge is 0.317 e. The lowest BCUT2D eigenvalue weighted by atomic mass is 10.1. The van der Waals surface area contributed by atoms with Gasteiger partial charge in [0.1, 0.15) is 0 Å². The highest BCUT2D eigenvalue weighted by atomic mass is 16.5. The lowest BCUT2D eigenvalue weighted by Gasteiger charge is -2.23. The molecule has 7 nitrogen and oxygen atoms in total. The molecule has 1 aliphatic heterocycles. The largest absolute Gasteiger partial charge is 0.381 e. The van der Waals surface area contributed by atoms with Gasteiger partial charge in [0.15, 0.2) is 11.5 Å². The van der Waals surface area contributed by atoms with Crippen molar-refractivity contribution in [3.8, 4) is 0 Å². The Morgan fingerprint density at radius 1 is 1.50 bits per heavy atom. The fourth-order valence-electron chi connectivity index (χ4n) is 2.67. The fraction of sp³-hybridized carbons (Fsp3) is 0.533. The minimum atomic E-state index is -0.0675. The number of hydrogen-bond donors (Lipinski definition) is 1. The molecule has 0 saturated carbocycles. The second-order valence-electron chi connectivity index (χ2n) is 5.47. The molecule has 0 spiro atoms. The highest BCUT2D eigenvalue weighted by Gasteiger charge is 2.21. The minimum Gasteiger partial charge on any atom is -0.381 e. The van der Waals surface area contributed by atoms with Gasteiger partial charge in [0.25, 0.3) is 0 Å². The summed E-state index contributed by atoms with van der Waals surface area (Å²) < 4.78 is 7.25. The first-order valence-electron chi connectivity index (χ1n) is 7.67. The van der Waals surface area contributed by atoms with Crippen LogP contribution in [0, 0.1) is 5.92 Å². The zero-order chi connectivity index (χ0) is 15.4. The molecular weight excluding hydrogens is 282 g/mol. The summed E-state index contributed by atoms with van der Waals surface area (Å²) in [6.07, 6.45) is 2.92. The van der Waals surface area contributed by atoms with Gasteiger partial charge in [0.2, 0.25) is 0 Å². The number of amides is 2. The molecule has 2 aromatic rings. The molecular formula is C15H21N5O2. The Morgan fingerprint density at radius 2 is 2.41 bits per heavy atom. The number of nitrogens with zero attached hydrogens (tertiary/aromatic N) is 4. The summed E-state index contributed by atoms with van der Waals surface area (Å²) in [5.41, 5.74) is 0.780. The monoisotopic (exact) mass is 303 g/mol. The van der Waals surface area contributed by atoms with E-state index >= 15 is 0 Å². The van der Waals surface area contributed by atoms with Gasteiger partial charge in [-0.3, -0.25) is 4.40 Å². The van der Waals surface area contributed by atoms with Crippen molar-refractivity contribution in [2.75, 3.05) is 26.3 Å². The number of hydrogen-bond acceptors (Lipinski definition) is 4. The SMILES string of the molecule is CCN(C[C@@H]1CCOC1)C(=O)NCc1nnc2ccccn12. The molecule has 2 amide bonds. The highest BCUT2D eigenvalue weighted by Crippen LogP contribution is 2.14. The predicted octanol–water partition coefficient (Wildman–Crippen LogP) is 1.30. The average Bonchev–Trinajstić information content (AvgIpc) is 3.20. The molecule has 1 fully saturated rings. The maximum absolute atomic E-state index is 12.3. The van der Waals surface area contributed by atoms with Gasteiger partial charge in [0.05, 0.1) is 13.2 Å². The van der Waals surface area contributed by atoms with Crippen LogP contribution in [-0.2, 0) is 11.3 Å². The number of carbonyl (C=O) groups excluding carboxylic acids is 1. The Bertz CT molecular complexity index is 636. The molecule has 0 aliphatic carbocycles. The first-order valence-corrected chi connectivity index (χ1v) is 7.67. The van der Waals surface area contributed by atoms with Crippen LogP contribution in [0.4, 0.5) is 4.79 Å². The quantitative estimate of drug-likeness (QED) is 0.903. The van der Waals surface area contributed by atoms with Crippen molar-refractivity contribution in [2.45, 2.75) is 19.9 Å². The van der Waals surface area contributed by atoms with E-state index in [1.807, 2.05) is 40.6 Å². The normalized spacial score (nSPS) is 17.8. The Labute approximate surface area is 129 Å². The van der Waals surface area contributed by atoms with E-state index in [1.165, 1.54) is 0 Å². The maximum Gasteiger partial charge on any atom is 0.317 e. The number of ether oxygens (including phenoxy) is 1. The van der Waals surface area contributed by atoms with Crippen LogP contribution in [0.2, 0.25) is 0 Å². The van der Waals surface area contributed by atoms with Gasteiger partial charge in [-0.2, -0.15) is 0 Å². The first-order chi connectivity index (χ1) is 10.8. The summed E-state index contributed by atoms with van der Waals surface area (Å²) in [5, 5.41) is 11.1. The van der Waals surface area contributed by atoms with Gasteiger partial charge >= 0.3 is 6.03 Å². The van der Waals surface area contributed by atoms with Crippen LogP contribution in [0.3, 0.4) is 0 Å². The van der Waals surface area contributed by atoms with Crippen molar-refractivity contribution in [1.82, 2.24) is 24.8 Å². The van der Waals surface area contributed by atoms with Crippen molar-refractivity contribution in [1.29, 1.82) is 0 Å². The highest BCUT2D eigenvalue weighted by molar-refractivity contribution is 5.74. The Morgan fingerprint density at radius 3 is 3.18 bits per heavy atom. The van der Waals surface area contributed by atoms with E-state index in [0.717, 1.165) is 37.7 Å². The third-order valence-electron chi connectivity index (χ3n) is 3.95. The number of fused-ring (bicyclic) bond motifs is 1. The zero-order valence-electron chi connectivity index (χ0n) is 12.7. The maximum atomic E-state index is 12.3. The molecule has 0 unspecified atom stereocenters. The Balaban J connectivity index is 1.58. The molecule has 22 heavy (non-hydrogen) atoms. The third kappa shape index (κ3) is 3.19. The van der Waals surface area contributed by atoms with Crippen molar-refractivity contribution < 1.29 is 9.53 Å². The van der Waals surface area contributed by atoms with Crippen LogP contribution in [0.5, 0.6) is 0 Å². The van der Waals surface area contributed by atoms with Crippen molar-refractivity contribution >= 4 is 11.7 Å². The molecule has 3 rings (SSSR count). The van der Waals surface area contributed by atoms with Crippen molar-refractivity contribution in [3.63, 3.8) is 0 Å². The number of rotatable bonds is 5. The van der Waals surface area contributed by atoms with Gasteiger partial charge in [-0.15, -0.1) is 10.2 Å². The molecule has 1 aliphatic rings. The number of nitrogens with one attached hydrogen (secondary N) is 1. The van der Waals surface area contributed by atoms with Gasteiger partial charge in [-0.05, 0) is 25.5 Å². The topological polar surface area (TPSA) is 71.8 Å². The number of carbonyl (C=O) groups is 1. The van der Waals surface area contributed by atoms with E-state index in [1.54, 1.807) is 0 Å². The predicted molar refractivity (Wildman–Crippen MR) is 81.4 cm³/mol. The second kappa shape index (κ2) is 6.74. The van der Waals surface area contributed by atoms with E-state index in [0.29, 0.717) is 19.0 Å². The lowest BCUT2D eigenvalue weighted by molar-refractivity contribution is 0.166. The van der Waals surface area contributed by atoms with Crippen LogP contribution in [0.25, 0.3) is 5.65 Å². The fourth-order valence-corrected chi connectivity index (χ4v) is 2.67. The van der Waals surface area contributed by atoms with Gasteiger partial charge in [-0.25, -0.2) is 4.79 Å². The summed E-state index contributed by atoms with van der Waals surface area (Å²) >= 11 is 0. The molecule has 0 bridgehead atoms. The Hall–Kier alpha value is -2.15. The second-order valence-corrected chi connectivity index (χ2v) is 5.47. The van der Waals surface area contributed by atoms with Crippen molar-refractivity contribution in [3.05, 3.63) is 30.2 Å². The number of aromatic nitrogens is 3. The molecule has 1 N–H and O–H groups in total. The molecule has 7 heteroatoms. The van der Waals surface area contributed by atoms with E-state index < -0.39 is 0 Å². The average molecular weight is 303 g/mol. The van der Waals surface area contributed by atoms with Gasteiger partial charge in [-0.1, -0.05) is 6.07 Å². The molecule has 1 saturated heterocycles. The standard InChI is InChI=1S/C15H21N5O2/c1-2-19(10-12-6-8-22-11-12)15(21)16-9-14-18-17-13-5-3-4-7-20(13)14/h3-5,7,12H,2,6,8-11H2,1H3,(H,16,21)/t12-/m0/s1. The summed E-state index contributed by atoms with van der Waals surface area (Å²) in [5.74, 6) is 1.17. The molecule has 0 radical (unpaired) electrons. The van der Waals surface area contributed by atoms with E-state index in [2.05, 4.69) is 15.5 Å². The molecule has 118 valence electrons. The number of urea groups is 1. The summed E-state index contributed by atoms with van der Waals surface area (Å²) in [7, 11) is 0. The Kier molecular flexibility index (Phi) is 4.53. The van der Waals surface area contributed by atoms with Crippen molar-refractivity contribution in [2.24, 2.45) is 5.92 Å². The lowest BCUT2D eigenvalue weighted by Crippen LogP contribution is -2.42. The van der Waals surface area contributed by atoms with Crippen LogP contribution in [0.15, 0.2) is 24.4 Å². The van der Waals surface area contributed by atoms with E-state index in [-0.39, 0.29) is 6.03 Å². The summed E-state index contributed by atoms with van der Waals surface area (Å²) in [6.45, 7) is 5.32. The van der Waals surface area contributed by atoms with Crippen LogP contribution in [0.1, 0.15) is 19.2 Å². The first kappa shape index (κ1) is 14.8. The number of pyridine rings is 1. The summed E-state index contributed by atoms with van der Waals surface area (Å²) in [6, 6.07) is 5.65. The molecule has 0 aromatic carbocycles. The van der Waals surface area contributed by atoms with Crippen LogP contribution < -0.4 is 5.32 Å². The third-order valence-corrected chi connectivity index (χ3v) is 3.95. The summed E-state index contributed by atoms with van der Waals surface area (Å²) in [4.78, 5) is 14.1. The zero-order valence-corrected chi connectivity index (χ0v) is 12.7. The van der Waals surface area contributed by atoms with Crippen LogP contribution >= 0.6 is 0 Å². The van der Waals surface area contributed by atoms with E-state index in [4.69, 9.17) is 4.74 Å². The molecule has 1 atom stereocenters. The molecule has 3 heterocycles. The van der Waals surface area contributed by atoms with E-state index in [9.17, 15) is 4.79 Å². The van der Waals surface area contributed by atoms with Gasteiger partial charge in [0, 0.05) is 31.8 Å². The minimum absolute atomic E-state index is 0.0675. The van der Waals surface area contributed by atoms with Gasteiger partial charge < -0.3 is 15.0 Å². The van der Waals surface area contributed by atoms with Crippen LogP contribution in [-0.4, -0.2) is 51.8 Å². The molecule has 2 aromatic heterocycles.